The van der Waals surface area contributed by atoms with Gasteiger partial charge in [0, 0.05) is 0 Å². The van der Waals surface area contributed by atoms with E-state index in [1.807, 2.05) is 20.8 Å². The van der Waals surface area contributed by atoms with Crippen molar-refractivity contribution in [1.29, 1.82) is 0 Å². The van der Waals surface area contributed by atoms with Crippen molar-refractivity contribution in [1.82, 2.24) is 0 Å². The van der Waals surface area contributed by atoms with Gasteiger partial charge in [0.05, 0.1) is 23.6 Å². The molecular formula is C21H23Br5O10S2. The monoisotopic (exact) mass is 894 g/mol. The molecule has 2 atom stereocenters. The Kier molecular flexibility index (Phi) is 16.2. The van der Waals surface area contributed by atoms with Crippen molar-refractivity contribution in [3.05, 3.63) is 26.3 Å². The zero-order valence-corrected chi connectivity index (χ0v) is 30.1. The van der Waals surface area contributed by atoms with Crippen LogP contribution in [0.5, 0.6) is 11.5 Å². The number of carboxylic acid groups (broad SMARTS) is 2. The lowest BCUT2D eigenvalue weighted by Gasteiger charge is -2.20. The van der Waals surface area contributed by atoms with Gasteiger partial charge in [0.25, 0.3) is 0 Å². The van der Waals surface area contributed by atoms with E-state index in [2.05, 4.69) is 84.4 Å². The first-order valence-corrected chi connectivity index (χ1v) is 15.7. The number of methoxy groups -OCH3 is 1. The van der Waals surface area contributed by atoms with Gasteiger partial charge >= 0.3 is 23.9 Å². The van der Waals surface area contributed by atoms with E-state index in [-0.39, 0.29) is 37.7 Å². The maximum atomic E-state index is 11.0. The number of halogens is 5. The molecule has 0 bridgehead atoms. The van der Waals surface area contributed by atoms with Crippen molar-refractivity contribution in [2.75, 3.05) is 7.11 Å². The first-order valence-electron chi connectivity index (χ1n) is 9.97. The van der Waals surface area contributed by atoms with Crippen LogP contribution in [0, 0.1) is 0 Å². The number of hydrogen-bond donors (Lipinski definition) is 3. The molecule has 2 aromatic heterocycles. The van der Waals surface area contributed by atoms with Gasteiger partial charge in [-0.15, -0.1) is 22.7 Å². The number of carbonyl (C=O) groups excluding carboxylic acids is 2. The second-order valence-corrected chi connectivity index (χ2v) is 15.4. The summed E-state index contributed by atoms with van der Waals surface area (Å²) < 4.78 is 16.6. The van der Waals surface area contributed by atoms with Crippen LogP contribution in [0.25, 0.3) is 0 Å². The maximum Gasteiger partial charge on any atom is 0.351 e. The largest absolute Gasteiger partial charge is 0.505 e. The Bertz CT molecular complexity index is 1150. The van der Waals surface area contributed by atoms with Crippen LogP contribution in [0.1, 0.15) is 54.0 Å². The normalized spacial score (nSPS) is 12.1. The molecule has 0 aliphatic heterocycles. The molecule has 38 heavy (non-hydrogen) atoms. The highest BCUT2D eigenvalue weighted by atomic mass is 79.9. The summed E-state index contributed by atoms with van der Waals surface area (Å²) in [6.07, 6.45) is -1.11. The molecule has 2 heterocycles. The summed E-state index contributed by atoms with van der Waals surface area (Å²) in [6.45, 7) is 8.61. The van der Waals surface area contributed by atoms with Crippen LogP contribution < -0.4 is 4.74 Å². The number of aromatic carboxylic acids is 1. The lowest BCUT2D eigenvalue weighted by molar-refractivity contribution is -0.153. The van der Waals surface area contributed by atoms with E-state index in [1.165, 1.54) is 14.0 Å². The molecule has 0 aromatic carbocycles. The molecular weight excluding hydrogens is 876 g/mol. The predicted octanol–water partition coefficient (Wildman–Crippen LogP) is 7.70. The van der Waals surface area contributed by atoms with Crippen molar-refractivity contribution in [2.45, 2.75) is 51.2 Å². The van der Waals surface area contributed by atoms with E-state index < -0.39 is 24.0 Å². The molecule has 17 heteroatoms. The number of rotatable bonds is 6. The summed E-state index contributed by atoms with van der Waals surface area (Å²) in [5.74, 6) is -3.14. The van der Waals surface area contributed by atoms with E-state index in [9.17, 15) is 24.3 Å². The third-order valence-electron chi connectivity index (χ3n) is 3.50. The van der Waals surface area contributed by atoms with Gasteiger partial charge < -0.3 is 29.5 Å². The molecule has 0 aliphatic rings. The van der Waals surface area contributed by atoms with Crippen molar-refractivity contribution in [3.63, 3.8) is 0 Å². The second-order valence-electron chi connectivity index (χ2n) is 7.76. The fourth-order valence-electron chi connectivity index (χ4n) is 1.83. The molecule has 0 spiro atoms. The smallest absolute Gasteiger partial charge is 0.351 e. The molecule has 0 saturated heterocycles. The van der Waals surface area contributed by atoms with Gasteiger partial charge in [-0.25, -0.2) is 14.4 Å². The fraction of sp³-hybridized carbons (Fsp3) is 0.429. The van der Waals surface area contributed by atoms with Crippen LogP contribution in [0.15, 0.2) is 16.5 Å². The van der Waals surface area contributed by atoms with E-state index >= 15 is 0 Å². The van der Waals surface area contributed by atoms with Gasteiger partial charge in [-0.3, -0.25) is 4.79 Å². The summed E-state index contributed by atoms with van der Waals surface area (Å²) in [5, 5.41) is 26.9. The van der Waals surface area contributed by atoms with Crippen LogP contribution >= 0.6 is 102 Å². The first-order chi connectivity index (χ1) is 17.2. The van der Waals surface area contributed by atoms with E-state index in [4.69, 9.17) is 19.7 Å². The average molecular weight is 899 g/mol. The number of esters is 2. The van der Waals surface area contributed by atoms with E-state index in [0.29, 0.717) is 16.5 Å². The number of ether oxygens (including phenoxy) is 3. The maximum absolute atomic E-state index is 11.0. The van der Waals surface area contributed by atoms with Crippen LogP contribution in [0.3, 0.4) is 0 Å². The quantitative estimate of drug-likeness (QED) is 0.194. The first kappa shape index (κ1) is 37.3. The third kappa shape index (κ3) is 12.2. The Balaban J connectivity index is 0.000000559. The zero-order chi connectivity index (χ0) is 30.1. The number of carbonyl (C=O) groups is 4. The van der Waals surface area contributed by atoms with Crippen molar-refractivity contribution >= 4 is 126 Å². The topological polar surface area (TPSA) is 157 Å². The molecule has 0 aliphatic carbocycles. The predicted molar refractivity (Wildman–Crippen MR) is 161 cm³/mol. The Morgan fingerprint density at radius 2 is 1.37 bits per heavy atom. The van der Waals surface area contributed by atoms with Crippen LogP contribution in [-0.2, 0) is 19.1 Å². The number of hydrogen-bond acceptors (Lipinski definition) is 10. The highest BCUT2D eigenvalue weighted by Crippen LogP contribution is 2.44. The number of carboxylic acids is 2. The standard InChI is InChI=1S/C8H6Br2O5S.C7H13BrO2.C6H4Br2O3S/c1-2(7(11)12)15-4-3(9)6(10)16-5(4)8(13)14;1-5(8)6(9)10-7(2,3)4;1-11-6(10)4-3(9)2(7)5(8)12-4/h2H,1H3,(H,11,12)(H,13,14);5H,1-4H3;9H,1H3. The van der Waals surface area contributed by atoms with Gasteiger partial charge in [-0.2, -0.15) is 0 Å². The molecule has 214 valence electrons. The molecule has 0 amide bonds. The van der Waals surface area contributed by atoms with Crippen LogP contribution in [0.2, 0.25) is 0 Å². The SMILES string of the molecule is CC(Br)C(=O)OC(C)(C)C.CC(Oc1c(C(=O)O)sc(Br)c1Br)C(=O)O.COC(=O)c1sc(Br)c(Br)c1O. The van der Waals surface area contributed by atoms with E-state index in [0.717, 1.165) is 22.7 Å². The van der Waals surface area contributed by atoms with Crippen LogP contribution in [0.4, 0.5) is 0 Å². The lowest BCUT2D eigenvalue weighted by Crippen LogP contribution is -2.27. The highest BCUT2D eigenvalue weighted by molar-refractivity contribution is 9.14. The zero-order valence-electron chi connectivity index (χ0n) is 20.6. The highest BCUT2D eigenvalue weighted by Gasteiger charge is 2.25. The molecule has 2 rings (SSSR count). The minimum Gasteiger partial charge on any atom is -0.505 e. The number of alkyl halides is 1. The summed E-state index contributed by atoms with van der Waals surface area (Å²) >= 11 is 17.7. The average Bonchev–Trinajstić information content (AvgIpc) is 3.23. The molecule has 3 N–H and O–H groups in total. The summed E-state index contributed by atoms with van der Waals surface area (Å²) in [6, 6.07) is 0. The van der Waals surface area contributed by atoms with Gasteiger partial charge in [0.1, 0.15) is 10.4 Å². The summed E-state index contributed by atoms with van der Waals surface area (Å²) in [7, 11) is 1.27. The summed E-state index contributed by atoms with van der Waals surface area (Å²) in [5.41, 5.74) is -0.376. The minimum atomic E-state index is -1.16. The third-order valence-corrected chi connectivity index (χ3v) is 10.6. The molecule has 0 saturated carbocycles. The number of thiophene rings is 2. The van der Waals surface area contributed by atoms with Gasteiger partial charge in [-0.1, -0.05) is 15.9 Å². The Morgan fingerprint density at radius 3 is 1.68 bits per heavy atom. The van der Waals surface area contributed by atoms with E-state index in [1.54, 1.807) is 6.92 Å². The fourth-order valence-corrected chi connectivity index (χ4v) is 5.93. The van der Waals surface area contributed by atoms with Crippen molar-refractivity contribution in [3.8, 4) is 11.5 Å². The van der Waals surface area contributed by atoms with Crippen molar-refractivity contribution < 1.29 is 48.7 Å². The molecule has 0 fully saturated rings. The number of aromatic hydroxyl groups is 1. The molecule has 2 unspecified atom stereocenters. The summed E-state index contributed by atoms with van der Waals surface area (Å²) in [4.78, 5) is 43.3. The van der Waals surface area contributed by atoms with Gasteiger partial charge in [0.2, 0.25) is 0 Å². The second kappa shape index (κ2) is 16.5. The Labute approximate surface area is 268 Å². The van der Waals surface area contributed by atoms with Gasteiger partial charge in [0.15, 0.2) is 27.4 Å². The van der Waals surface area contributed by atoms with Crippen LogP contribution in [-0.4, -0.2) is 62.8 Å². The lowest BCUT2D eigenvalue weighted by atomic mass is 10.2. The number of aliphatic carboxylic acids is 1. The Morgan fingerprint density at radius 1 is 0.895 bits per heavy atom. The minimum absolute atomic E-state index is 0.0271. The molecule has 0 radical (unpaired) electrons. The molecule has 10 nitrogen and oxygen atoms in total. The molecule has 2 aromatic rings. The van der Waals surface area contributed by atoms with Gasteiger partial charge in [-0.05, 0) is 98.3 Å². The Hall–Kier alpha value is -0.720. The van der Waals surface area contributed by atoms with Crippen molar-refractivity contribution in [2.24, 2.45) is 0 Å².